The molecule has 0 bridgehead atoms. The summed E-state index contributed by atoms with van der Waals surface area (Å²) >= 11 is 9.29. The van der Waals surface area contributed by atoms with E-state index in [0.29, 0.717) is 16.3 Å². The lowest BCUT2D eigenvalue weighted by Crippen LogP contribution is -2.14. The first-order chi connectivity index (χ1) is 9.81. The molecule has 4 nitrogen and oxygen atoms in total. The standard InChI is InChI=1S/C14H14BrClN2O2S/c1-9-4-11(15)7-12(5-9)18-21(19,20)13-2-3-14(16)10(6-13)8-17/h2-7,18H,8,17H2,1H3. The third-order valence-electron chi connectivity index (χ3n) is 2.84. The molecule has 21 heavy (non-hydrogen) atoms. The van der Waals surface area contributed by atoms with Crippen molar-refractivity contribution in [3.05, 3.63) is 57.0 Å². The van der Waals surface area contributed by atoms with E-state index in [1.165, 1.54) is 18.2 Å². The number of sulfonamides is 1. The van der Waals surface area contributed by atoms with Crippen LogP contribution < -0.4 is 10.5 Å². The molecule has 0 aliphatic rings. The van der Waals surface area contributed by atoms with Gasteiger partial charge in [0, 0.05) is 16.0 Å². The number of hydrogen-bond donors (Lipinski definition) is 2. The Bertz CT molecular complexity index is 758. The smallest absolute Gasteiger partial charge is 0.261 e. The maximum absolute atomic E-state index is 12.4. The minimum Gasteiger partial charge on any atom is -0.326 e. The minimum atomic E-state index is -3.68. The van der Waals surface area contributed by atoms with E-state index in [1.54, 1.807) is 12.1 Å². The number of aryl methyl sites for hydroxylation is 1. The van der Waals surface area contributed by atoms with Gasteiger partial charge in [0.05, 0.1) is 10.6 Å². The molecule has 0 aliphatic carbocycles. The number of rotatable bonds is 4. The van der Waals surface area contributed by atoms with Gasteiger partial charge in [-0.3, -0.25) is 4.72 Å². The van der Waals surface area contributed by atoms with Gasteiger partial charge in [0.25, 0.3) is 10.0 Å². The average Bonchev–Trinajstić information content (AvgIpc) is 2.37. The van der Waals surface area contributed by atoms with Crippen LogP contribution in [0.2, 0.25) is 5.02 Å². The van der Waals surface area contributed by atoms with E-state index in [9.17, 15) is 8.42 Å². The van der Waals surface area contributed by atoms with Crippen molar-refractivity contribution in [3.63, 3.8) is 0 Å². The van der Waals surface area contributed by atoms with Gasteiger partial charge < -0.3 is 5.73 Å². The van der Waals surface area contributed by atoms with E-state index in [0.717, 1.165) is 10.0 Å². The molecule has 0 atom stereocenters. The van der Waals surface area contributed by atoms with Crippen LogP contribution in [0.4, 0.5) is 5.69 Å². The molecule has 0 radical (unpaired) electrons. The molecule has 0 unspecified atom stereocenters. The SMILES string of the molecule is Cc1cc(Br)cc(NS(=O)(=O)c2ccc(Cl)c(CN)c2)c1. The normalized spacial score (nSPS) is 11.4. The first kappa shape index (κ1) is 16.3. The number of nitrogens with two attached hydrogens (primary N) is 1. The van der Waals surface area contributed by atoms with Crippen LogP contribution >= 0.6 is 27.5 Å². The van der Waals surface area contributed by atoms with E-state index in [4.69, 9.17) is 17.3 Å². The summed E-state index contributed by atoms with van der Waals surface area (Å²) in [5, 5.41) is 0.453. The van der Waals surface area contributed by atoms with E-state index < -0.39 is 10.0 Å². The minimum absolute atomic E-state index is 0.130. The van der Waals surface area contributed by atoms with Crippen LogP contribution in [0.25, 0.3) is 0 Å². The zero-order valence-corrected chi connectivity index (χ0v) is 14.4. The predicted octanol–water partition coefficient (Wildman–Crippen LogP) is 3.67. The molecule has 0 aromatic heterocycles. The van der Waals surface area contributed by atoms with Gasteiger partial charge in [0.1, 0.15) is 0 Å². The summed E-state index contributed by atoms with van der Waals surface area (Å²) in [4.78, 5) is 0.130. The quantitative estimate of drug-likeness (QED) is 0.838. The van der Waals surface area contributed by atoms with Crippen LogP contribution in [-0.4, -0.2) is 8.42 Å². The lowest BCUT2D eigenvalue weighted by atomic mass is 10.2. The van der Waals surface area contributed by atoms with Crippen molar-refractivity contribution in [2.24, 2.45) is 5.73 Å². The van der Waals surface area contributed by atoms with Gasteiger partial charge in [-0.25, -0.2) is 8.42 Å². The fourth-order valence-corrected chi connectivity index (χ4v) is 3.78. The Morgan fingerprint density at radius 3 is 2.57 bits per heavy atom. The monoisotopic (exact) mass is 388 g/mol. The highest BCUT2D eigenvalue weighted by Gasteiger charge is 2.16. The largest absolute Gasteiger partial charge is 0.326 e. The Morgan fingerprint density at radius 1 is 1.24 bits per heavy atom. The molecule has 2 rings (SSSR count). The van der Waals surface area contributed by atoms with Crippen molar-refractivity contribution in [1.82, 2.24) is 0 Å². The summed E-state index contributed by atoms with van der Waals surface area (Å²) in [5.74, 6) is 0. The maximum Gasteiger partial charge on any atom is 0.261 e. The van der Waals surface area contributed by atoms with Crippen molar-refractivity contribution in [2.75, 3.05) is 4.72 Å². The molecule has 0 aliphatic heterocycles. The van der Waals surface area contributed by atoms with Crippen LogP contribution in [0.1, 0.15) is 11.1 Å². The van der Waals surface area contributed by atoms with Crippen molar-refractivity contribution < 1.29 is 8.42 Å². The molecular weight excluding hydrogens is 376 g/mol. The summed E-state index contributed by atoms with van der Waals surface area (Å²) in [6.45, 7) is 2.07. The molecule has 0 fully saturated rings. The Labute approximate surface area is 137 Å². The van der Waals surface area contributed by atoms with Gasteiger partial charge in [0.2, 0.25) is 0 Å². The second kappa shape index (κ2) is 6.36. The second-order valence-corrected chi connectivity index (χ2v) is 7.59. The van der Waals surface area contributed by atoms with Crippen LogP contribution in [0.3, 0.4) is 0 Å². The average molecular weight is 390 g/mol. The second-order valence-electron chi connectivity index (χ2n) is 4.58. The van der Waals surface area contributed by atoms with E-state index in [1.807, 2.05) is 13.0 Å². The number of anilines is 1. The Balaban J connectivity index is 2.38. The lowest BCUT2D eigenvalue weighted by Gasteiger charge is -2.11. The summed E-state index contributed by atoms with van der Waals surface area (Å²) in [5.41, 5.74) is 7.57. The first-order valence-corrected chi connectivity index (χ1v) is 8.76. The maximum atomic E-state index is 12.4. The topological polar surface area (TPSA) is 72.2 Å². The Morgan fingerprint density at radius 2 is 1.95 bits per heavy atom. The van der Waals surface area contributed by atoms with Crippen LogP contribution in [0, 0.1) is 6.92 Å². The van der Waals surface area contributed by atoms with Gasteiger partial charge in [-0.1, -0.05) is 27.5 Å². The predicted molar refractivity (Wildman–Crippen MR) is 89.0 cm³/mol. The number of hydrogen-bond acceptors (Lipinski definition) is 3. The first-order valence-electron chi connectivity index (χ1n) is 6.10. The van der Waals surface area contributed by atoms with Gasteiger partial charge >= 0.3 is 0 Å². The number of benzene rings is 2. The molecule has 2 aromatic rings. The summed E-state index contributed by atoms with van der Waals surface area (Å²) in [6.07, 6.45) is 0. The van der Waals surface area contributed by atoms with Gasteiger partial charge in [-0.2, -0.15) is 0 Å². The highest BCUT2D eigenvalue weighted by molar-refractivity contribution is 9.10. The van der Waals surface area contributed by atoms with Crippen LogP contribution in [-0.2, 0) is 16.6 Å². The van der Waals surface area contributed by atoms with E-state index in [-0.39, 0.29) is 11.4 Å². The third-order valence-corrected chi connectivity index (χ3v) is 5.05. The zero-order valence-electron chi connectivity index (χ0n) is 11.2. The summed E-state index contributed by atoms with van der Waals surface area (Å²) in [7, 11) is -3.68. The molecule has 2 aromatic carbocycles. The zero-order chi connectivity index (χ0) is 15.6. The van der Waals surface area contributed by atoms with Crippen molar-refractivity contribution in [2.45, 2.75) is 18.4 Å². The third kappa shape index (κ3) is 3.97. The number of nitrogens with one attached hydrogen (secondary N) is 1. The van der Waals surface area contributed by atoms with Crippen molar-refractivity contribution in [3.8, 4) is 0 Å². The highest BCUT2D eigenvalue weighted by Crippen LogP contribution is 2.24. The molecular formula is C14H14BrClN2O2S. The number of halogens is 2. The molecule has 0 amide bonds. The molecule has 7 heteroatoms. The molecule has 0 saturated heterocycles. The highest BCUT2D eigenvalue weighted by atomic mass is 79.9. The fraction of sp³-hybridized carbons (Fsp3) is 0.143. The van der Waals surface area contributed by atoms with E-state index in [2.05, 4.69) is 20.7 Å². The van der Waals surface area contributed by atoms with E-state index >= 15 is 0 Å². The fourth-order valence-electron chi connectivity index (χ4n) is 1.88. The lowest BCUT2D eigenvalue weighted by molar-refractivity contribution is 0.601. The Hall–Kier alpha value is -1.08. The van der Waals surface area contributed by atoms with Crippen LogP contribution in [0.15, 0.2) is 45.8 Å². The molecule has 112 valence electrons. The van der Waals surface area contributed by atoms with Crippen LogP contribution in [0.5, 0.6) is 0 Å². The molecule has 0 heterocycles. The summed E-state index contributed by atoms with van der Waals surface area (Å²) in [6, 6.07) is 9.81. The van der Waals surface area contributed by atoms with Crippen molar-refractivity contribution in [1.29, 1.82) is 0 Å². The van der Waals surface area contributed by atoms with Gasteiger partial charge in [-0.15, -0.1) is 0 Å². The molecule has 0 saturated carbocycles. The van der Waals surface area contributed by atoms with Gasteiger partial charge in [0.15, 0.2) is 0 Å². The molecule has 0 spiro atoms. The van der Waals surface area contributed by atoms with Crippen molar-refractivity contribution >= 4 is 43.2 Å². The van der Waals surface area contributed by atoms with Gasteiger partial charge in [-0.05, 0) is 54.4 Å². The Kier molecular flexibility index (Phi) is 4.93. The summed E-state index contributed by atoms with van der Waals surface area (Å²) < 4.78 is 28.1. The molecule has 3 N–H and O–H groups in total.